The number of hydrogen-bond donors (Lipinski definition) is 1. The first kappa shape index (κ1) is 7.98. The summed E-state index contributed by atoms with van der Waals surface area (Å²) in [4.78, 5) is 2.24. The van der Waals surface area contributed by atoms with Gasteiger partial charge >= 0.3 is 0 Å². The molecule has 3 nitrogen and oxygen atoms in total. The highest BCUT2D eigenvalue weighted by Gasteiger charge is 2.18. The minimum atomic E-state index is 0.139. The molecule has 3 heteroatoms. The third-order valence-corrected chi connectivity index (χ3v) is 1.79. The molecule has 0 bridgehead atoms. The Morgan fingerprint density at radius 2 is 2.50 bits per heavy atom. The van der Waals surface area contributed by atoms with Crippen LogP contribution in [-0.2, 0) is 4.74 Å². The Kier molecular flexibility index (Phi) is 3.12. The first-order valence-corrected chi connectivity index (χ1v) is 3.74. The minimum absolute atomic E-state index is 0.139. The van der Waals surface area contributed by atoms with Gasteiger partial charge in [-0.3, -0.25) is 0 Å². The summed E-state index contributed by atoms with van der Waals surface area (Å²) in [6.45, 7) is 2.76. The van der Waals surface area contributed by atoms with E-state index in [1.54, 1.807) is 0 Å². The van der Waals surface area contributed by atoms with Crippen LogP contribution in [0.15, 0.2) is 0 Å². The van der Waals surface area contributed by atoms with Crippen molar-refractivity contribution in [2.75, 3.05) is 33.4 Å². The Hall–Kier alpha value is -0.120. The Balaban J connectivity index is 2.06. The van der Waals surface area contributed by atoms with Crippen LogP contribution in [-0.4, -0.2) is 49.5 Å². The van der Waals surface area contributed by atoms with E-state index in [9.17, 15) is 0 Å². The van der Waals surface area contributed by atoms with Crippen molar-refractivity contribution in [2.24, 2.45) is 0 Å². The number of likely N-dealkylation sites (N-methyl/N-ethyl adjacent to an activating group) is 1. The van der Waals surface area contributed by atoms with Crippen molar-refractivity contribution < 1.29 is 9.84 Å². The number of hydrogen-bond acceptors (Lipinski definition) is 3. The van der Waals surface area contributed by atoms with Crippen molar-refractivity contribution in [3.63, 3.8) is 0 Å². The van der Waals surface area contributed by atoms with Gasteiger partial charge in [0.15, 0.2) is 0 Å². The second kappa shape index (κ2) is 3.91. The van der Waals surface area contributed by atoms with E-state index in [4.69, 9.17) is 9.84 Å². The Labute approximate surface area is 61.6 Å². The Bertz CT molecular complexity index is 97.6. The van der Waals surface area contributed by atoms with Crippen molar-refractivity contribution in [1.29, 1.82) is 0 Å². The second-order valence-corrected chi connectivity index (χ2v) is 2.77. The zero-order valence-electron chi connectivity index (χ0n) is 6.42. The maximum atomic E-state index is 8.45. The molecule has 0 radical (unpaired) electrons. The molecule has 1 N–H and O–H groups in total. The summed E-state index contributed by atoms with van der Waals surface area (Å²) in [6.07, 6.45) is 1.47. The Morgan fingerprint density at radius 1 is 1.70 bits per heavy atom. The molecule has 0 amide bonds. The normalized spacial score (nSPS) is 27.6. The molecule has 1 aliphatic rings. The van der Waals surface area contributed by atoms with Gasteiger partial charge in [-0.1, -0.05) is 0 Å². The lowest BCUT2D eigenvalue weighted by atomic mass is 10.3. The van der Waals surface area contributed by atoms with Gasteiger partial charge in [0.25, 0.3) is 0 Å². The molecular formula is C7H15NO2. The van der Waals surface area contributed by atoms with E-state index in [0.717, 1.165) is 19.5 Å². The fourth-order valence-electron chi connectivity index (χ4n) is 1.25. The molecule has 0 aliphatic carbocycles. The second-order valence-electron chi connectivity index (χ2n) is 2.77. The SMILES string of the molecule is CN1CC[C@H](OCCO)C1. The van der Waals surface area contributed by atoms with Gasteiger partial charge in [-0.15, -0.1) is 0 Å². The third kappa shape index (κ3) is 2.25. The van der Waals surface area contributed by atoms with Gasteiger partial charge < -0.3 is 14.7 Å². The monoisotopic (exact) mass is 145 g/mol. The molecule has 1 fully saturated rings. The molecule has 0 saturated carbocycles. The van der Waals surface area contributed by atoms with Crippen molar-refractivity contribution >= 4 is 0 Å². The molecule has 60 valence electrons. The van der Waals surface area contributed by atoms with Crippen molar-refractivity contribution in [3.05, 3.63) is 0 Å². The maximum Gasteiger partial charge on any atom is 0.0715 e. The number of aliphatic hydroxyl groups excluding tert-OH is 1. The molecule has 0 aromatic rings. The lowest BCUT2D eigenvalue weighted by Gasteiger charge is -2.09. The number of nitrogens with zero attached hydrogens (tertiary/aromatic N) is 1. The molecular weight excluding hydrogens is 130 g/mol. The summed E-state index contributed by atoms with van der Waals surface area (Å²) in [6, 6.07) is 0. The fraction of sp³-hybridized carbons (Fsp3) is 1.00. The van der Waals surface area contributed by atoms with Gasteiger partial charge in [0, 0.05) is 13.1 Å². The first-order chi connectivity index (χ1) is 4.83. The van der Waals surface area contributed by atoms with E-state index in [2.05, 4.69) is 11.9 Å². The number of ether oxygens (including phenoxy) is 1. The van der Waals surface area contributed by atoms with Crippen LogP contribution >= 0.6 is 0 Å². The van der Waals surface area contributed by atoms with Gasteiger partial charge in [-0.25, -0.2) is 0 Å². The van der Waals surface area contributed by atoms with Gasteiger partial charge in [0.1, 0.15) is 0 Å². The standard InChI is InChI=1S/C7H15NO2/c1-8-3-2-7(6-8)10-5-4-9/h7,9H,2-6H2,1H3/t7-/m0/s1. The topological polar surface area (TPSA) is 32.7 Å². The summed E-state index contributed by atoms with van der Waals surface area (Å²) in [7, 11) is 2.09. The van der Waals surface area contributed by atoms with Crippen LogP contribution in [0.1, 0.15) is 6.42 Å². The molecule has 1 saturated heterocycles. The maximum absolute atomic E-state index is 8.45. The summed E-state index contributed by atoms with van der Waals surface area (Å²) < 4.78 is 5.33. The third-order valence-electron chi connectivity index (χ3n) is 1.79. The summed E-state index contributed by atoms with van der Waals surface area (Å²) in [5.74, 6) is 0. The summed E-state index contributed by atoms with van der Waals surface area (Å²) in [5.41, 5.74) is 0. The average Bonchev–Trinajstić information content (AvgIpc) is 2.31. The quantitative estimate of drug-likeness (QED) is 0.592. The molecule has 0 aromatic carbocycles. The lowest BCUT2D eigenvalue weighted by molar-refractivity contribution is 0.0354. The number of likely N-dealkylation sites (tertiary alicyclic amines) is 1. The molecule has 1 rings (SSSR count). The van der Waals surface area contributed by atoms with Crippen LogP contribution in [0, 0.1) is 0 Å². The summed E-state index contributed by atoms with van der Waals surface area (Å²) in [5, 5.41) is 8.45. The zero-order valence-corrected chi connectivity index (χ0v) is 6.42. The predicted molar refractivity (Wildman–Crippen MR) is 38.9 cm³/mol. The minimum Gasteiger partial charge on any atom is -0.394 e. The van der Waals surface area contributed by atoms with Crippen LogP contribution in [0.4, 0.5) is 0 Å². The van der Waals surface area contributed by atoms with E-state index < -0.39 is 0 Å². The van der Waals surface area contributed by atoms with Crippen LogP contribution in [0.2, 0.25) is 0 Å². The van der Waals surface area contributed by atoms with Gasteiger partial charge in [0.2, 0.25) is 0 Å². The molecule has 1 aliphatic heterocycles. The van der Waals surface area contributed by atoms with E-state index in [1.165, 1.54) is 0 Å². The Morgan fingerprint density at radius 3 is 3.00 bits per heavy atom. The van der Waals surface area contributed by atoms with E-state index in [-0.39, 0.29) is 6.61 Å². The highest BCUT2D eigenvalue weighted by molar-refractivity contribution is 4.72. The van der Waals surface area contributed by atoms with Crippen LogP contribution < -0.4 is 0 Å². The van der Waals surface area contributed by atoms with E-state index in [0.29, 0.717) is 12.7 Å². The smallest absolute Gasteiger partial charge is 0.0715 e. The molecule has 1 atom stereocenters. The number of aliphatic hydroxyl groups is 1. The van der Waals surface area contributed by atoms with Gasteiger partial charge in [0.05, 0.1) is 19.3 Å². The fourth-order valence-corrected chi connectivity index (χ4v) is 1.25. The zero-order chi connectivity index (χ0) is 7.40. The average molecular weight is 145 g/mol. The van der Waals surface area contributed by atoms with Crippen molar-refractivity contribution in [3.8, 4) is 0 Å². The molecule has 1 heterocycles. The number of rotatable bonds is 3. The highest BCUT2D eigenvalue weighted by Crippen LogP contribution is 2.09. The van der Waals surface area contributed by atoms with Crippen molar-refractivity contribution in [2.45, 2.75) is 12.5 Å². The summed E-state index contributed by atoms with van der Waals surface area (Å²) >= 11 is 0. The predicted octanol–water partition coefficient (Wildman–Crippen LogP) is -0.301. The molecule has 0 aromatic heterocycles. The van der Waals surface area contributed by atoms with Crippen LogP contribution in [0.5, 0.6) is 0 Å². The van der Waals surface area contributed by atoms with E-state index >= 15 is 0 Å². The largest absolute Gasteiger partial charge is 0.394 e. The van der Waals surface area contributed by atoms with Gasteiger partial charge in [-0.05, 0) is 13.5 Å². The molecule has 10 heavy (non-hydrogen) atoms. The molecule has 0 unspecified atom stereocenters. The molecule has 0 spiro atoms. The van der Waals surface area contributed by atoms with Gasteiger partial charge in [-0.2, -0.15) is 0 Å². The van der Waals surface area contributed by atoms with Crippen LogP contribution in [0.25, 0.3) is 0 Å². The first-order valence-electron chi connectivity index (χ1n) is 3.74. The lowest BCUT2D eigenvalue weighted by Crippen LogP contribution is -2.20. The highest BCUT2D eigenvalue weighted by atomic mass is 16.5. The van der Waals surface area contributed by atoms with E-state index in [1.807, 2.05) is 0 Å². The van der Waals surface area contributed by atoms with Crippen molar-refractivity contribution in [1.82, 2.24) is 4.90 Å². The van der Waals surface area contributed by atoms with Crippen LogP contribution in [0.3, 0.4) is 0 Å².